The van der Waals surface area contributed by atoms with Gasteiger partial charge in [-0.05, 0) is 17.7 Å². The fraction of sp³-hybridized carbons (Fsp3) is 0.0667. The normalized spacial score (nSPS) is 11.5. The highest BCUT2D eigenvalue weighted by Gasteiger charge is 2.22. The molecule has 0 heterocycles. The number of hydrogen-bond acceptors (Lipinski definition) is 4. The Hall–Kier alpha value is -2.93. The lowest BCUT2D eigenvalue weighted by Gasteiger charge is -2.15. The zero-order valence-corrected chi connectivity index (χ0v) is 12.5. The summed E-state index contributed by atoms with van der Waals surface area (Å²) in [7, 11) is 0. The number of nitro benzene ring substituents is 1. The van der Waals surface area contributed by atoms with Crippen molar-refractivity contribution < 1.29 is 14.5 Å². The largest absolute Gasteiger partial charge is 0.368 e. The van der Waals surface area contributed by atoms with E-state index in [1.807, 2.05) is 0 Å². The molecule has 2 amide bonds. The highest BCUT2D eigenvalue weighted by Crippen LogP contribution is 2.25. The van der Waals surface area contributed by atoms with Gasteiger partial charge in [-0.3, -0.25) is 19.7 Å². The van der Waals surface area contributed by atoms with Gasteiger partial charge < -0.3 is 11.1 Å². The number of hydrogen-bond donors (Lipinski definition) is 2. The second-order valence-corrected chi connectivity index (χ2v) is 5.05. The molecule has 8 heteroatoms. The van der Waals surface area contributed by atoms with E-state index in [9.17, 15) is 19.7 Å². The minimum Gasteiger partial charge on any atom is -0.368 e. The molecular formula is C15H12ClN3O4. The number of nitro groups is 1. The third-order valence-electron chi connectivity index (χ3n) is 3.10. The van der Waals surface area contributed by atoms with Crippen LogP contribution >= 0.6 is 11.6 Å². The summed E-state index contributed by atoms with van der Waals surface area (Å²) in [5, 5.41) is 13.2. The van der Waals surface area contributed by atoms with Gasteiger partial charge in [0.15, 0.2) is 0 Å². The molecule has 0 bridgehead atoms. The second kappa shape index (κ2) is 6.89. The molecule has 0 aliphatic heterocycles. The average Bonchev–Trinajstić information content (AvgIpc) is 2.53. The average molecular weight is 334 g/mol. The minimum absolute atomic E-state index is 0.00304. The number of nitrogens with zero attached hydrogens (tertiary/aromatic N) is 1. The molecule has 7 nitrogen and oxygen atoms in total. The summed E-state index contributed by atoms with van der Waals surface area (Å²) in [5.41, 5.74) is 5.43. The van der Waals surface area contributed by atoms with Crippen LogP contribution < -0.4 is 11.1 Å². The zero-order chi connectivity index (χ0) is 17.0. The SMILES string of the molecule is NC(=O)C(NC(=O)c1ccc(Cl)c([N+](=O)[O-])c1)c1ccccc1. The molecule has 2 aromatic carbocycles. The molecule has 2 aromatic rings. The Labute approximate surface area is 136 Å². The van der Waals surface area contributed by atoms with E-state index < -0.39 is 28.5 Å². The van der Waals surface area contributed by atoms with Crippen LogP contribution in [0.15, 0.2) is 48.5 Å². The fourth-order valence-corrected chi connectivity index (χ4v) is 2.16. The molecule has 0 aliphatic rings. The molecule has 0 aromatic heterocycles. The molecule has 2 rings (SSSR count). The van der Waals surface area contributed by atoms with E-state index in [2.05, 4.69) is 5.32 Å². The number of carbonyl (C=O) groups excluding carboxylic acids is 2. The van der Waals surface area contributed by atoms with E-state index >= 15 is 0 Å². The van der Waals surface area contributed by atoms with Crippen molar-refractivity contribution >= 4 is 29.1 Å². The molecular weight excluding hydrogens is 322 g/mol. The third-order valence-corrected chi connectivity index (χ3v) is 3.42. The Kier molecular flexibility index (Phi) is 4.92. The van der Waals surface area contributed by atoms with E-state index in [1.165, 1.54) is 12.1 Å². The molecule has 0 spiro atoms. The van der Waals surface area contributed by atoms with Crippen LogP contribution in [0.1, 0.15) is 22.0 Å². The number of carbonyl (C=O) groups is 2. The van der Waals surface area contributed by atoms with E-state index in [1.54, 1.807) is 30.3 Å². The van der Waals surface area contributed by atoms with Crippen LogP contribution in [0.5, 0.6) is 0 Å². The summed E-state index contributed by atoms with van der Waals surface area (Å²) in [4.78, 5) is 34.0. The van der Waals surface area contributed by atoms with Crippen molar-refractivity contribution in [1.82, 2.24) is 5.32 Å². The fourth-order valence-electron chi connectivity index (χ4n) is 1.97. The lowest BCUT2D eigenvalue weighted by Crippen LogP contribution is -2.37. The van der Waals surface area contributed by atoms with Crippen molar-refractivity contribution in [2.24, 2.45) is 5.73 Å². The Morgan fingerprint density at radius 3 is 2.39 bits per heavy atom. The highest BCUT2D eigenvalue weighted by atomic mass is 35.5. The third kappa shape index (κ3) is 3.83. The zero-order valence-electron chi connectivity index (χ0n) is 11.7. The predicted molar refractivity (Wildman–Crippen MR) is 84.0 cm³/mol. The van der Waals surface area contributed by atoms with Crippen molar-refractivity contribution in [3.8, 4) is 0 Å². The number of halogens is 1. The standard InChI is InChI=1S/C15H12ClN3O4/c16-11-7-6-10(8-12(11)19(22)23)15(21)18-13(14(17)20)9-4-2-1-3-5-9/h1-8,13H,(H2,17,20)(H,18,21). The Morgan fingerprint density at radius 2 is 1.83 bits per heavy atom. The van der Waals surface area contributed by atoms with Crippen LogP contribution in [-0.2, 0) is 4.79 Å². The van der Waals surface area contributed by atoms with Gasteiger partial charge in [-0.2, -0.15) is 0 Å². The molecule has 0 radical (unpaired) electrons. The van der Waals surface area contributed by atoms with Crippen molar-refractivity contribution in [2.75, 3.05) is 0 Å². The van der Waals surface area contributed by atoms with Gasteiger partial charge in [0.1, 0.15) is 11.1 Å². The van der Waals surface area contributed by atoms with Crippen LogP contribution in [0.4, 0.5) is 5.69 Å². The molecule has 0 saturated heterocycles. The summed E-state index contributed by atoms with van der Waals surface area (Å²) in [5.74, 6) is -1.41. The molecule has 1 unspecified atom stereocenters. The highest BCUT2D eigenvalue weighted by molar-refractivity contribution is 6.32. The van der Waals surface area contributed by atoms with Crippen LogP contribution in [0.25, 0.3) is 0 Å². The maximum atomic E-state index is 12.2. The van der Waals surface area contributed by atoms with E-state index in [0.29, 0.717) is 5.56 Å². The Morgan fingerprint density at radius 1 is 1.17 bits per heavy atom. The van der Waals surface area contributed by atoms with E-state index in [-0.39, 0.29) is 10.6 Å². The second-order valence-electron chi connectivity index (χ2n) is 4.64. The maximum absolute atomic E-state index is 12.2. The van der Waals surface area contributed by atoms with Gasteiger partial charge in [0.2, 0.25) is 5.91 Å². The minimum atomic E-state index is -1.04. The van der Waals surface area contributed by atoms with Crippen molar-refractivity contribution in [3.63, 3.8) is 0 Å². The van der Waals surface area contributed by atoms with Crippen LogP contribution in [0.2, 0.25) is 5.02 Å². The topological polar surface area (TPSA) is 115 Å². The van der Waals surface area contributed by atoms with Crippen molar-refractivity contribution in [1.29, 1.82) is 0 Å². The van der Waals surface area contributed by atoms with Gasteiger partial charge in [-0.15, -0.1) is 0 Å². The molecule has 0 aliphatic carbocycles. The van der Waals surface area contributed by atoms with Gasteiger partial charge in [0, 0.05) is 11.6 Å². The van der Waals surface area contributed by atoms with Crippen LogP contribution in [-0.4, -0.2) is 16.7 Å². The number of rotatable bonds is 5. The molecule has 3 N–H and O–H groups in total. The lowest BCUT2D eigenvalue weighted by atomic mass is 10.1. The number of nitrogens with one attached hydrogen (secondary N) is 1. The molecule has 118 valence electrons. The number of primary amides is 1. The van der Waals surface area contributed by atoms with Gasteiger partial charge in [-0.25, -0.2) is 0 Å². The Balaban J connectivity index is 2.28. The first kappa shape index (κ1) is 16.4. The van der Waals surface area contributed by atoms with Crippen LogP contribution in [0, 0.1) is 10.1 Å². The predicted octanol–water partition coefficient (Wildman–Crippen LogP) is 2.20. The monoisotopic (exact) mass is 333 g/mol. The number of amides is 2. The summed E-state index contributed by atoms with van der Waals surface area (Å²) < 4.78 is 0. The first-order valence-corrected chi connectivity index (χ1v) is 6.87. The van der Waals surface area contributed by atoms with Crippen LogP contribution in [0.3, 0.4) is 0 Å². The first-order valence-electron chi connectivity index (χ1n) is 6.49. The number of benzene rings is 2. The van der Waals surface area contributed by atoms with Gasteiger partial charge in [0.05, 0.1) is 4.92 Å². The van der Waals surface area contributed by atoms with E-state index in [4.69, 9.17) is 17.3 Å². The maximum Gasteiger partial charge on any atom is 0.288 e. The molecule has 23 heavy (non-hydrogen) atoms. The summed E-state index contributed by atoms with van der Waals surface area (Å²) >= 11 is 5.70. The van der Waals surface area contributed by atoms with E-state index in [0.717, 1.165) is 6.07 Å². The van der Waals surface area contributed by atoms with Gasteiger partial charge in [-0.1, -0.05) is 41.9 Å². The number of nitrogens with two attached hydrogens (primary N) is 1. The van der Waals surface area contributed by atoms with Gasteiger partial charge in [0.25, 0.3) is 11.6 Å². The Bertz CT molecular complexity index is 765. The summed E-state index contributed by atoms with van der Waals surface area (Å²) in [6, 6.07) is 11.0. The molecule has 1 atom stereocenters. The lowest BCUT2D eigenvalue weighted by molar-refractivity contribution is -0.384. The van der Waals surface area contributed by atoms with Gasteiger partial charge >= 0.3 is 0 Å². The smallest absolute Gasteiger partial charge is 0.288 e. The van der Waals surface area contributed by atoms with Crippen molar-refractivity contribution in [3.05, 3.63) is 74.8 Å². The van der Waals surface area contributed by atoms with Crippen molar-refractivity contribution in [2.45, 2.75) is 6.04 Å². The summed E-state index contributed by atoms with van der Waals surface area (Å²) in [6.07, 6.45) is 0. The molecule has 0 saturated carbocycles. The first-order chi connectivity index (χ1) is 10.9. The summed E-state index contributed by atoms with van der Waals surface area (Å²) in [6.45, 7) is 0. The quantitative estimate of drug-likeness (QED) is 0.644. The molecule has 0 fully saturated rings.